The standard InChI is InChI=1S/C18H15Cl2F2N3/c19-13-6-11(7-14(20)9-13)8-16(18-23-4-5-24-18)25-10-12-2-1-3-15(21)17(12)22/h1-7,9,16,25H,8,10H2,(H,23,24). The van der Waals surface area contributed by atoms with Crippen molar-refractivity contribution in [1.29, 1.82) is 0 Å². The van der Waals surface area contributed by atoms with Gasteiger partial charge in [-0.1, -0.05) is 35.3 Å². The van der Waals surface area contributed by atoms with Gasteiger partial charge in [0.25, 0.3) is 0 Å². The first-order valence-electron chi connectivity index (χ1n) is 7.63. The van der Waals surface area contributed by atoms with Gasteiger partial charge in [0.15, 0.2) is 11.6 Å². The van der Waals surface area contributed by atoms with Crippen molar-refractivity contribution in [2.75, 3.05) is 0 Å². The molecule has 7 heteroatoms. The third-order valence-corrected chi connectivity index (χ3v) is 4.22. The highest BCUT2D eigenvalue weighted by molar-refractivity contribution is 6.34. The Bertz CT molecular complexity index is 833. The van der Waals surface area contributed by atoms with Gasteiger partial charge in [0, 0.05) is 34.5 Å². The van der Waals surface area contributed by atoms with E-state index in [-0.39, 0.29) is 18.2 Å². The van der Waals surface area contributed by atoms with Crippen LogP contribution < -0.4 is 5.32 Å². The van der Waals surface area contributed by atoms with E-state index < -0.39 is 11.6 Å². The molecule has 0 aliphatic heterocycles. The maximum Gasteiger partial charge on any atom is 0.163 e. The molecule has 1 aromatic heterocycles. The van der Waals surface area contributed by atoms with Crippen molar-refractivity contribution >= 4 is 23.2 Å². The van der Waals surface area contributed by atoms with Crippen LogP contribution in [0.25, 0.3) is 0 Å². The van der Waals surface area contributed by atoms with Gasteiger partial charge in [-0.25, -0.2) is 13.8 Å². The summed E-state index contributed by atoms with van der Waals surface area (Å²) in [5, 5.41) is 4.28. The predicted molar refractivity (Wildman–Crippen MR) is 94.7 cm³/mol. The van der Waals surface area contributed by atoms with Crippen LogP contribution in [0.3, 0.4) is 0 Å². The molecular weight excluding hydrogens is 367 g/mol. The van der Waals surface area contributed by atoms with Crippen LogP contribution >= 0.6 is 23.2 Å². The summed E-state index contributed by atoms with van der Waals surface area (Å²) in [5.41, 5.74) is 1.16. The molecule has 2 N–H and O–H groups in total. The van der Waals surface area contributed by atoms with Gasteiger partial charge < -0.3 is 10.3 Å². The molecule has 0 saturated heterocycles. The second-order valence-electron chi connectivity index (χ2n) is 5.60. The van der Waals surface area contributed by atoms with Crippen LogP contribution in [0.1, 0.15) is 23.0 Å². The Morgan fingerprint density at radius 3 is 2.56 bits per heavy atom. The fraction of sp³-hybridized carbons (Fsp3) is 0.167. The van der Waals surface area contributed by atoms with Crippen LogP contribution in [0, 0.1) is 11.6 Å². The molecule has 130 valence electrons. The maximum atomic E-state index is 13.9. The van der Waals surface area contributed by atoms with Gasteiger partial charge >= 0.3 is 0 Å². The quantitative estimate of drug-likeness (QED) is 0.625. The summed E-state index contributed by atoms with van der Waals surface area (Å²) in [6.45, 7) is 0.156. The number of imidazole rings is 1. The highest BCUT2D eigenvalue weighted by Gasteiger charge is 2.17. The van der Waals surface area contributed by atoms with Gasteiger partial charge in [0.05, 0.1) is 6.04 Å². The molecule has 1 atom stereocenters. The van der Waals surface area contributed by atoms with Crippen molar-refractivity contribution in [3.05, 3.63) is 87.4 Å². The smallest absolute Gasteiger partial charge is 0.163 e. The molecule has 3 rings (SSSR count). The lowest BCUT2D eigenvalue weighted by atomic mass is 10.0. The predicted octanol–water partition coefficient (Wildman–Crippen LogP) is 5.07. The molecule has 0 fully saturated rings. The van der Waals surface area contributed by atoms with Crippen LogP contribution in [0.5, 0.6) is 0 Å². The van der Waals surface area contributed by atoms with Crippen molar-refractivity contribution < 1.29 is 8.78 Å². The highest BCUT2D eigenvalue weighted by atomic mass is 35.5. The summed E-state index contributed by atoms with van der Waals surface area (Å²) < 4.78 is 27.2. The number of aromatic amines is 1. The van der Waals surface area contributed by atoms with E-state index in [1.54, 1.807) is 24.5 Å². The fourth-order valence-electron chi connectivity index (χ4n) is 2.62. The van der Waals surface area contributed by atoms with Gasteiger partial charge in [0.1, 0.15) is 5.82 Å². The van der Waals surface area contributed by atoms with Crippen molar-refractivity contribution in [1.82, 2.24) is 15.3 Å². The summed E-state index contributed by atoms with van der Waals surface area (Å²) in [6, 6.07) is 9.16. The minimum atomic E-state index is -0.865. The first-order chi connectivity index (χ1) is 12.0. The van der Waals surface area contributed by atoms with Crippen molar-refractivity contribution in [3.63, 3.8) is 0 Å². The lowest BCUT2D eigenvalue weighted by Crippen LogP contribution is -2.24. The molecule has 0 saturated carbocycles. The zero-order valence-electron chi connectivity index (χ0n) is 13.1. The first kappa shape index (κ1) is 17.9. The molecule has 0 amide bonds. The third kappa shape index (κ3) is 4.57. The number of H-pyrrole nitrogens is 1. The van der Waals surface area contributed by atoms with E-state index in [0.717, 1.165) is 11.6 Å². The molecule has 0 radical (unpaired) electrons. The zero-order valence-corrected chi connectivity index (χ0v) is 14.6. The topological polar surface area (TPSA) is 40.7 Å². The van der Waals surface area contributed by atoms with Gasteiger partial charge in [-0.2, -0.15) is 0 Å². The van der Waals surface area contributed by atoms with E-state index in [9.17, 15) is 8.78 Å². The van der Waals surface area contributed by atoms with Crippen molar-refractivity contribution in [2.45, 2.75) is 19.0 Å². The Morgan fingerprint density at radius 1 is 1.12 bits per heavy atom. The van der Waals surface area contributed by atoms with Crippen LogP contribution in [0.4, 0.5) is 8.78 Å². The first-order valence-corrected chi connectivity index (χ1v) is 8.39. The van der Waals surface area contributed by atoms with Crippen molar-refractivity contribution in [3.8, 4) is 0 Å². The number of benzene rings is 2. The average Bonchev–Trinajstić information content (AvgIpc) is 3.08. The lowest BCUT2D eigenvalue weighted by molar-refractivity contribution is 0.469. The second kappa shape index (κ2) is 7.95. The number of hydrogen-bond donors (Lipinski definition) is 2. The summed E-state index contributed by atoms with van der Waals surface area (Å²) in [4.78, 5) is 7.30. The summed E-state index contributed by atoms with van der Waals surface area (Å²) in [6.07, 6.45) is 3.88. The summed E-state index contributed by atoms with van der Waals surface area (Å²) >= 11 is 12.1. The Balaban J connectivity index is 1.79. The van der Waals surface area contributed by atoms with Gasteiger partial charge in [0.2, 0.25) is 0 Å². The minimum absolute atomic E-state index is 0.156. The Hall–Kier alpha value is -1.95. The van der Waals surface area contributed by atoms with E-state index in [0.29, 0.717) is 22.3 Å². The monoisotopic (exact) mass is 381 g/mol. The number of halogens is 4. The summed E-state index contributed by atoms with van der Waals surface area (Å²) in [7, 11) is 0. The van der Waals surface area contributed by atoms with Crippen LogP contribution in [0.2, 0.25) is 10.0 Å². The largest absolute Gasteiger partial charge is 0.347 e. The van der Waals surface area contributed by atoms with Crippen LogP contribution in [-0.4, -0.2) is 9.97 Å². The third-order valence-electron chi connectivity index (χ3n) is 3.78. The normalized spacial score (nSPS) is 12.3. The summed E-state index contributed by atoms with van der Waals surface area (Å²) in [5.74, 6) is -1.03. The Labute approximate surface area is 154 Å². The molecule has 1 heterocycles. The fourth-order valence-corrected chi connectivity index (χ4v) is 3.19. The molecule has 2 aromatic carbocycles. The molecule has 1 unspecified atom stereocenters. The van der Waals surface area contributed by atoms with E-state index in [1.165, 1.54) is 6.07 Å². The zero-order chi connectivity index (χ0) is 17.8. The lowest BCUT2D eigenvalue weighted by Gasteiger charge is -2.18. The number of rotatable bonds is 6. The molecule has 0 aliphatic carbocycles. The van der Waals surface area contributed by atoms with Gasteiger partial charge in [-0.05, 0) is 36.2 Å². The van der Waals surface area contributed by atoms with E-state index in [4.69, 9.17) is 23.2 Å². The molecule has 0 bridgehead atoms. The van der Waals surface area contributed by atoms with Gasteiger partial charge in [-0.15, -0.1) is 0 Å². The number of nitrogens with one attached hydrogen (secondary N) is 2. The molecule has 0 aliphatic rings. The number of hydrogen-bond acceptors (Lipinski definition) is 2. The number of aromatic nitrogens is 2. The Kier molecular flexibility index (Phi) is 5.68. The molecular formula is C18H15Cl2F2N3. The van der Waals surface area contributed by atoms with E-state index in [1.807, 2.05) is 12.1 Å². The van der Waals surface area contributed by atoms with Crippen LogP contribution in [-0.2, 0) is 13.0 Å². The van der Waals surface area contributed by atoms with Crippen LogP contribution in [0.15, 0.2) is 48.8 Å². The maximum absolute atomic E-state index is 13.9. The van der Waals surface area contributed by atoms with Gasteiger partial charge in [-0.3, -0.25) is 0 Å². The molecule has 25 heavy (non-hydrogen) atoms. The van der Waals surface area contributed by atoms with E-state index in [2.05, 4.69) is 15.3 Å². The number of nitrogens with zero attached hydrogens (tertiary/aromatic N) is 1. The second-order valence-corrected chi connectivity index (χ2v) is 6.48. The Morgan fingerprint density at radius 2 is 1.88 bits per heavy atom. The van der Waals surface area contributed by atoms with Crippen molar-refractivity contribution in [2.24, 2.45) is 0 Å². The minimum Gasteiger partial charge on any atom is -0.347 e. The van der Waals surface area contributed by atoms with E-state index >= 15 is 0 Å². The molecule has 3 nitrogen and oxygen atoms in total. The molecule has 3 aromatic rings. The molecule has 0 spiro atoms. The highest BCUT2D eigenvalue weighted by Crippen LogP contribution is 2.23. The SMILES string of the molecule is Fc1cccc(CNC(Cc2cc(Cl)cc(Cl)c2)c2ncc[nH]2)c1F. The average molecular weight is 382 g/mol.